The van der Waals surface area contributed by atoms with Crippen molar-refractivity contribution in [2.75, 3.05) is 6.54 Å². The van der Waals surface area contributed by atoms with E-state index >= 15 is 0 Å². The number of aromatic amines is 1. The molecule has 4 heteroatoms. The lowest BCUT2D eigenvalue weighted by molar-refractivity contribution is -0.132. The van der Waals surface area contributed by atoms with Gasteiger partial charge in [0, 0.05) is 13.0 Å². The minimum atomic E-state index is 0.122. The molecule has 3 rings (SSSR count). The van der Waals surface area contributed by atoms with Crippen LogP contribution >= 0.6 is 0 Å². The van der Waals surface area contributed by atoms with Crippen LogP contribution < -0.4 is 0 Å². The van der Waals surface area contributed by atoms with Crippen molar-refractivity contribution in [1.29, 1.82) is 0 Å². The Morgan fingerprint density at radius 1 is 1.43 bits per heavy atom. The fourth-order valence-electron chi connectivity index (χ4n) is 3.04. The summed E-state index contributed by atoms with van der Waals surface area (Å²) in [5.41, 5.74) is 2.03. The molecule has 0 radical (unpaired) electrons. The molecule has 0 bridgehead atoms. The van der Waals surface area contributed by atoms with Crippen LogP contribution in [0.5, 0.6) is 0 Å². The van der Waals surface area contributed by atoms with E-state index < -0.39 is 0 Å². The first-order chi connectivity index (χ1) is 10.1. The molecule has 2 aromatic rings. The number of carbonyl (C=O) groups is 1. The van der Waals surface area contributed by atoms with E-state index in [0.717, 1.165) is 42.7 Å². The number of amides is 1. The van der Waals surface area contributed by atoms with Gasteiger partial charge in [0.05, 0.1) is 17.1 Å². The van der Waals surface area contributed by atoms with Gasteiger partial charge < -0.3 is 9.88 Å². The molecule has 0 spiro atoms. The van der Waals surface area contributed by atoms with Crippen LogP contribution in [0.25, 0.3) is 11.0 Å². The molecule has 2 heterocycles. The van der Waals surface area contributed by atoms with E-state index in [2.05, 4.69) is 23.8 Å². The van der Waals surface area contributed by atoms with E-state index in [1.165, 1.54) is 0 Å². The zero-order valence-electron chi connectivity index (χ0n) is 12.8. The van der Waals surface area contributed by atoms with E-state index in [0.29, 0.717) is 12.3 Å². The molecule has 1 atom stereocenters. The average Bonchev–Trinajstić information content (AvgIpc) is 3.10. The summed E-state index contributed by atoms with van der Waals surface area (Å²) >= 11 is 0. The lowest BCUT2D eigenvalue weighted by atomic mass is 10.1. The Bertz CT molecular complexity index is 599. The van der Waals surface area contributed by atoms with Gasteiger partial charge in [-0.1, -0.05) is 26.0 Å². The number of benzene rings is 1. The minimum Gasteiger partial charge on any atom is -0.340 e. The fraction of sp³-hybridized carbons (Fsp3) is 0.529. The molecule has 21 heavy (non-hydrogen) atoms. The molecule has 1 unspecified atom stereocenters. The quantitative estimate of drug-likeness (QED) is 0.932. The van der Waals surface area contributed by atoms with Crippen LogP contribution in [0.4, 0.5) is 0 Å². The number of H-pyrrole nitrogens is 1. The maximum Gasteiger partial charge on any atom is 0.223 e. The standard InChI is InChI=1S/C17H23N3O/c1-12(2)9-10-16(21)20-11-5-8-15(20)17-18-13-6-3-4-7-14(13)19-17/h3-4,6-7,12,15H,5,8-11H2,1-2H3,(H,18,19). The van der Waals surface area contributed by atoms with E-state index in [9.17, 15) is 4.79 Å². The van der Waals surface area contributed by atoms with Crippen molar-refractivity contribution in [2.24, 2.45) is 5.92 Å². The number of imidazole rings is 1. The number of rotatable bonds is 4. The molecule has 1 aromatic heterocycles. The number of likely N-dealkylation sites (tertiary alicyclic amines) is 1. The Morgan fingerprint density at radius 3 is 3.00 bits per heavy atom. The first-order valence-corrected chi connectivity index (χ1v) is 7.89. The number of para-hydroxylation sites is 2. The molecule has 1 aliphatic heterocycles. The van der Waals surface area contributed by atoms with Gasteiger partial charge in [-0.3, -0.25) is 4.79 Å². The highest BCUT2D eigenvalue weighted by molar-refractivity contribution is 5.78. The van der Waals surface area contributed by atoms with Gasteiger partial charge in [-0.2, -0.15) is 0 Å². The lowest BCUT2D eigenvalue weighted by Gasteiger charge is -2.23. The molecular weight excluding hydrogens is 262 g/mol. The molecule has 1 fully saturated rings. The first-order valence-electron chi connectivity index (χ1n) is 7.89. The van der Waals surface area contributed by atoms with Crippen LogP contribution in [0, 0.1) is 5.92 Å². The third-order valence-electron chi connectivity index (χ3n) is 4.23. The number of hydrogen-bond donors (Lipinski definition) is 1. The van der Waals surface area contributed by atoms with Gasteiger partial charge in [0.15, 0.2) is 0 Å². The number of fused-ring (bicyclic) bond motifs is 1. The van der Waals surface area contributed by atoms with Gasteiger partial charge in [-0.05, 0) is 37.3 Å². The van der Waals surface area contributed by atoms with Gasteiger partial charge in [0.1, 0.15) is 5.82 Å². The van der Waals surface area contributed by atoms with E-state index in [1.807, 2.05) is 29.2 Å². The maximum atomic E-state index is 12.4. The minimum absolute atomic E-state index is 0.122. The Balaban J connectivity index is 1.78. The van der Waals surface area contributed by atoms with Gasteiger partial charge >= 0.3 is 0 Å². The van der Waals surface area contributed by atoms with Crippen molar-refractivity contribution in [3.8, 4) is 0 Å². The number of hydrogen-bond acceptors (Lipinski definition) is 2. The third-order valence-corrected chi connectivity index (χ3v) is 4.23. The number of carbonyl (C=O) groups excluding carboxylic acids is 1. The maximum absolute atomic E-state index is 12.4. The SMILES string of the molecule is CC(C)CCC(=O)N1CCCC1c1nc2ccccc2[nH]1. The summed E-state index contributed by atoms with van der Waals surface area (Å²) in [7, 11) is 0. The second kappa shape index (κ2) is 5.88. The van der Waals surface area contributed by atoms with E-state index in [4.69, 9.17) is 0 Å². The van der Waals surface area contributed by atoms with Gasteiger partial charge in [0.2, 0.25) is 5.91 Å². The monoisotopic (exact) mass is 285 g/mol. The van der Waals surface area contributed by atoms with Crippen LogP contribution in [0.1, 0.15) is 51.4 Å². The zero-order valence-corrected chi connectivity index (χ0v) is 12.8. The largest absolute Gasteiger partial charge is 0.340 e. The Kier molecular flexibility index (Phi) is 3.95. The molecule has 0 aliphatic carbocycles. The van der Waals surface area contributed by atoms with Gasteiger partial charge in [-0.15, -0.1) is 0 Å². The number of nitrogens with zero attached hydrogens (tertiary/aromatic N) is 2. The molecule has 0 saturated carbocycles. The molecule has 1 saturated heterocycles. The second-order valence-electron chi connectivity index (χ2n) is 6.32. The smallest absolute Gasteiger partial charge is 0.223 e. The molecule has 4 nitrogen and oxygen atoms in total. The first kappa shape index (κ1) is 14.1. The summed E-state index contributed by atoms with van der Waals surface area (Å²) < 4.78 is 0. The zero-order chi connectivity index (χ0) is 14.8. The van der Waals surface area contributed by atoms with Crippen LogP contribution in [0.2, 0.25) is 0 Å². The predicted molar refractivity (Wildman–Crippen MR) is 83.9 cm³/mol. The van der Waals surface area contributed by atoms with Crippen LogP contribution in [0.3, 0.4) is 0 Å². The summed E-state index contributed by atoms with van der Waals surface area (Å²) in [4.78, 5) is 22.5. The fourth-order valence-corrected chi connectivity index (χ4v) is 3.04. The normalized spacial score (nSPS) is 18.8. The molecule has 1 aromatic carbocycles. The second-order valence-corrected chi connectivity index (χ2v) is 6.32. The van der Waals surface area contributed by atoms with Crippen molar-refractivity contribution in [2.45, 2.75) is 45.6 Å². The summed E-state index contributed by atoms with van der Waals surface area (Å²) in [5.74, 6) is 1.78. The van der Waals surface area contributed by atoms with Crippen LogP contribution in [-0.4, -0.2) is 27.3 Å². The molecule has 1 aliphatic rings. The third kappa shape index (κ3) is 2.94. The van der Waals surface area contributed by atoms with E-state index in [-0.39, 0.29) is 11.9 Å². The molecule has 1 amide bonds. The highest BCUT2D eigenvalue weighted by Gasteiger charge is 2.31. The van der Waals surface area contributed by atoms with Crippen molar-refractivity contribution in [3.05, 3.63) is 30.1 Å². The Labute approximate surface area is 125 Å². The number of aromatic nitrogens is 2. The lowest BCUT2D eigenvalue weighted by Crippen LogP contribution is -2.31. The predicted octanol–water partition coefficient (Wildman–Crippen LogP) is 3.66. The number of nitrogens with one attached hydrogen (secondary N) is 1. The summed E-state index contributed by atoms with van der Waals surface area (Å²) in [6, 6.07) is 8.16. The summed E-state index contributed by atoms with van der Waals surface area (Å²) in [6.07, 6.45) is 3.68. The molecule has 112 valence electrons. The van der Waals surface area contributed by atoms with E-state index in [1.54, 1.807) is 0 Å². The molecule has 1 N–H and O–H groups in total. The van der Waals surface area contributed by atoms with Crippen molar-refractivity contribution < 1.29 is 4.79 Å². The Hall–Kier alpha value is -1.84. The van der Waals surface area contributed by atoms with Gasteiger partial charge in [0.25, 0.3) is 0 Å². The van der Waals surface area contributed by atoms with Crippen molar-refractivity contribution >= 4 is 16.9 Å². The highest BCUT2D eigenvalue weighted by atomic mass is 16.2. The van der Waals surface area contributed by atoms with Crippen molar-refractivity contribution in [1.82, 2.24) is 14.9 Å². The van der Waals surface area contributed by atoms with Crippen LogP contribution in [-0.2, 0) is 4.79 Å². The van der Waals surface area contributed by atoms with Crippen molar-refractivity contribution in [3.63, 3.8) is 0 Å². The average molecular weight is 285 g/mol. The van der Waals surface area contributed by atoms with Crippen LogP contribution in [0.15, 0.2) is 24.3 Å². The summed E-state index contributed by atoms with van der Waals surface area (Å²) in [6.45, 7) is 5.18. The summed E-state index contributed by atoms with van der Waals surface area (Å²) in [5, 5.41) is 0. The van der Waals surface area contributed by atoms with Gasteiger partial charge in [-0.25, -0.2) is 4.98 Å². The molecular formula is C17H23N3O. The highest BCUT2D eigenvalue weighted by Crippen LogP contribution is 2.32. The Morgan fingerprint density at radius 2 is 2.24 bits per heavy atom. The topological polar surface area (TPSA) is 49.0 Å².